The predicted octanol–water partition coefficient (Wildman–Crippen LogP) is 1.52. The van der Waals surface area contributed by atoms with Crippen molar-refractivity contribution >= 4 is 21.5 Å². The van der Waals surface area contributed by atoms with Gasteiger partial charge < -0.3 is 10.6 Å². The van der Waals surface area contributed by atoms with E-state index in [1.54, 1.807) is 4.68 Å². The summed E-state index contributed by atoms with van der Waals surface area (Å²) in [5.41, 5.74) is 6.01. The second-order valence-electron chi connectivity index (χ2n) is 5.73. The summed E-state index contributed by atoms with van der Waals surface area (Å²) < 4.78 is 25.7. The lowest BCUT2D eigenvalue weighted by Crippen LogP contribution is -2.35. The normalized spacial score (nSPS) is 20.4. The van der Waals surface area contributed by atoms with Crippen LogP contribution in [0.15, 0.2) is 4.90 Å². The molecule has 0 aromatic carbocycles. The summed E-state index contributed by atoms with van der Waals surface area (Å²) in [4.78, 5) is 2.26. The number of rotatable bonds is 4. The van der Waals surface area contributed by atoms with Crippen LogP contribution in [0.4, 0.5) is 11.6 Å². The molecule has 0 radical (unpaired) electrons. The molecule has 7 heteroatoms. The van der Waals surface area contributed by atoms with Gasteiger partial charge in [0, 0.05) is 25.9 Å². The van der Waals surface area contributed by atoms with Crippen molar-refractivity contribution < 1.29 is 8.42 Å². The third kappa shape index (κ3) is 2.92. The van der Waals surface area contributed by atoms with Gasteiger partial charge in [0.2, 0.25) is 0 Å². The first-order chi connectivity index (χ1) is 9.34. The molecule has 2 N–H and O–H groups in total. The van der Waals surface area contributed by atoms with Gasteiger partial charge in [0.15, 0.2) is 20.6 Å². The van der Waals surface area contributed by atoms with Gasteiger partial charge in [-0.25, -0.2) is 13.1 Å². The zero-order chi connectivity index (χ0) is 14.9. The van der Waals surface area contributed by atoms with Crippen LogP contribution in [0.3, 0.4) is 0 Å². The Hall–Kier alpha value is -1.24. The molecule has 2 rings (SSSR count). The molecule has 0 aliphatic carbocycles. The number of piperidine rings is 1. The lowest BCUT2D eigenvalue weighted by atomic mass is 10.0. The quantitative estimate of drug-likeness (QED) is 0.911. The fourth-order valence-corrected chi connectivity index (χ4v) is 3.76. The van der Waals surface area contributed by atoms with E-state index in [4.69, 9.17) is 5.73 Å². The first kappa shape index (κ1) is 15.2. The lowest BCUT2D eigenvalue weighted by molar-refractivity contribution is 0.441. The van der Waals surface area contributed by atoms with E-state index in [-0.39, 0.29) is 10.7 Å². The average molecular weight is 300 g/mol. The van der Waals surface area contributed by atoms with Crippen molar-refractivity contribution in [3.63, 3.8) is 0 Å². The zero-order valence-corrected chi connectivity index (χ0v) is 13.3. The van der Waals surface area contributed by atoms with Crippen molar-refractivity contribution in [2.45, 2.75) is 44.6 Å². The van der Waals surface area contributed by atoms with Gasteiger partial charge in [0.1, 0.15) is 5.82 Å². The Balaban J connectivity index is 2.48. The molecule has 1 atom stereocenters. The molecule has 114 valence electrons. The topological polar surface area (TPSA) is 81.2 Å². The van der Waals surface area contributed by atoms with Gasteiger partial charge in [-0.05, 0) is 25.2 Å². The molecule has 1 aliphatic rings. The molecule has 6 nitrogen and oxygen atoms in total. The average Bonchev–Trinajstić information content (AvgIpc) is 2.67. The van der Waals surface area contributed by atoms with Crippen molar-refractivity contribution in [1.29, 1.82) is 0 Å². The van der Waals surface area contributed by atoms with E-state index in [0.717, 1.165) is 25.9 Å². The maximum absolute atomic E-state index is 12.1. The molecule has 1 unspecified atom stereocenters. The highest BCUT2D eigenvalue weighted by Crippen LogP contribution is 2.32. The van der Waals surface area contributed by atoms with Gasteiger partial charge in [-0.1, -0.05) is 13.8 Å². The number of sulfone groups is 1. The van der Waals surface area contributed by atoms with Gasteiger partial charge >= 0.3 is 0 Å². The largest absolute Gasteiger partial charge is 0.383 e. The number of aromatic nitrogens is 2. The number of aryl methyl sites for hydroxylation is 1. The number of hydrogen-bond acceptors (Lipinski definition) is 5. The highest BCUT2D eigenvalue weighted by atomic mass is 32.2. The van der Waals surface area contributed by atoms with Crippen molar-refractivity contribution in [2.75, 3.05) is 30.0 Å². The van der Waals surface area contributed by atoms with E-state index < -0.39 is 9.84 Å². The molecular formula is C13H24N4O2S. The Morgan fingerprint density at radius 2 is 2.15 bits per heavy atom. The molecular weight excluding hydrogens is 276 g/mol. The van der Waals surface area contributed by atoms with Crippen LogP contribution >= 0.6 is 0 Å². The fourth-order valence-electron chi connectivity index (χ4n) is 2.77. The highest BCUT2D eigenvalue weighted by Gasteiger charge is 2.29. The van der Waals surface area contributed by atoms with Crippen LogP contribution in [0.1, 0.15) is 33.1 Å². The van der Waals surface area contributed by atoms with Gasteiger partial charge in [-0.15, -0.1) is 0 Å². The molecule has 0 spiro atoms. The molecule has 0 saturated carbocycles. The molecule has 0 amide bonds. The molecule has 2 heterocycles. The minimum absolute atomic E-state index is 0.194. The minimum Gasteiger partial charge on any atom is -0.383 e. The summed E-state index contributed by atoms with van der Waals surface area (Å²) >= 11 is 0. The van der Waals surface area contributed by atoms with Crippen LogP contribution in [0.2, 0.25) is 0 Å². The Bertz CT molecular complexity index is 579. The fraction of sp³-hybridized carbons (Fsp3) is 0.769. The Kier molecular flexibility index (Phi) is 4.27. The van der Waals surface area contributed by atoms with Crippen molar-refractivity contribution in [3.05, 3.63) is 0 Å². The minimum atomic E-state index is -3.38. The van der Waals surface area contributed by atoms with Gasteiger partial charge in [0.05, 0.1) is 0 Å². The summed E-state index contributed by atoms with van der Waals surface area (Å²) in [6.45, 7) is 6.51. The van der Waals surface area contributed by atoms with Crippen LogP contribution in [0.25, 0.3) is 0 Å². The van der Waals surface area contributed by atoms with E-state index in [2.05, 4.69) is 16.9 Å². The zero-order valence-electron chi connectivity index (χ0n) is 12.5. The van der Waals surface area contributed by atoms with Gasteiger partial charge in [0.25, 0.3) is 0 Å². The summed E-state index contributed by atoms with van der Waals surface area (Å²) in [5.74, 6) is 1.35. The predicted molar refractivity (Wildman–Crippen MR) is 80.7 cm³/mol. The van der Waals surface area contributed by atoms with Crippen LogP contribution in [-0.2, 0) is 16.4 Å². The Morgan fingerprint density at radius 3 is 2.70 bits per heavy atom. The van der Waals surface area contributed by atoms with E-state index in [1.165, 1.54) is 12.7 Å². The van der Waals surface area contributed by atoms with Crippen molar-refractivity contribution in [3.8, 4) is 0 Å². The molecule has 1 aliphatic heterocycles. The molecule has 1 saturated heterocycles. The summed E-state index contributed by atoms with van der Waals surface area (Å²) in [6, 6.07) is 0. The third-order valence-corrected chi connectivity index (χ3v) is 4.83. The Morgan fingerprint density at radius 1 is 1.45 bits per heavy atom. The number of anilines is 2. The van der Waals surface area contributed by atoms with Gasteiger partial charge in [-0.2, -0.15) is 5.10 Å². The smallest absolute Gasteiger partial charge is 0.182 e. The second-order valence-corrected chi connectivity index (χ2v) is 7.68. The number of hydrogen-bond donors (Lipinski definition) is 1. The standard InChI is InChI=1S/C13H24N4O2S/c1-4-7-17-12(14)11(20(3,18)19)13(15-17)16-8-5-6-10(2)9-16/h10H,4-9,14H2,1-3H3. The number of nitrogens with zero attached hydrogens (tertiary/aromatic N) is 3. The summed E-state index contributed by atoms with van der Waals surface area (Å²) in [7, 11) is -3.38. The highest BCUT2D eigenvalue weighted by molar-refractivity contribution is 7.91. The van der Waals surface area contributed by atoms with E-state index >= 15 is 0 Å². The van der Waals surface area contributed by atoms with Crippen molar-refractivity contribution in [1.82, 2.24) is 9.78 Å². The molecule has 20 heavy (non-hydrogen) atoms. The monoisotopic (exact) mass is 300 g/mol. The number of nitrogens with two attached hydrogens (primary N) is 1. The first-order valence-corrected chi connectivity index (χ1v) is 9.05. The van der Waals surface area contributed by atoms with Crippen LogP contribution in [-0.4, -0.2) is 37.5 Å². The van der Waals surface area contributed by atoms with E-state index in [9.17, 15) is 8.42 Å². The third-order valence-electron chi connectivity index (χ3n) is 3.69. The van der Waals surface area contributed by atoms with Crippen LogP contribution in [0, 0.1) is 5.92 Å². The Labute approximate surface area is 120 Å². The van der Waals surface area contributed by atoms with Crippen LogP contribution < -0.4 is 10.6 Å². The maximum Gasteiger partial charge on any atom is 0.182 e. The molecule has 1 aromatic rings. The summed E-state index contributed by atoms with van der Waals surface area (Å²) in [6.07, 6.45) is 4.30. The molecule has 1 aromatic heterocycles. The lowest BCUT2D eigenvalue weighted by Gasteiger charge is -2.31. The molecule has 1 fully saturated rings. The van der Waals surface area contributed by atoms with Crippen LogP contribution in [0.5, 0.6) is 0 Å². The van der Waals surface area contributed by atoms with Crippen molar-refractivity contribution in [2.24, 2.45) is 5.92 Å². The maximum atomic E-state index is 12.1. The van der Waals surface area contributed by atoms with E-state index in [0.29, 0.717) is 18.3 Å². The molecule has 0 bridgehead atoms. The second kappa shape index (κ2) is 5.63. The number of nitrogen functional groups attached to an aromatic ring is 1. The van der Waals surface area contributed by atoms with Gasteiger partial charge in [-0.3, -0.25) is 0 Å². The first-order valence-electron chi connectivity index (χ1n) is 7.15. The SMILES string of the molecule is CCCn1nc(N2CCCC(C)C2)c(S(C)(=O)=O)c1N. The summed E-state index contributed by atoms with van der Waals surface area (Å²) in [5, 5.41) is 4.46. The van der Waals surface area contributed by atoms with E-state index in [1.807, 2.05) is 6.92 Å².